The fraction of sp³-hybridized carbons (Fsp3) is 0.333. The first-order valence-corrected chi connectivity index (χ1v) is 10.2. The lowest BCUT2D eigenvalue weighted by Crippen LogP contribution is -2.11. The van der Waals surface area contributed by atoms with E-state index in [-0.39, 0.29) is 0 Å². The second-order valence-electron chi connectivity index (χ2n) is 6.49. The highest BCUT2D eigenvalue weighted by atomic mass is 35.5. The number of halogens is 5. The zero-order valence-corrected chi connectivity index (χ0v) is 16.8. The van der Waals surface area contributed by atoms with Gasteiger partial charge in [-0.1, -0.05) is 23.2 Å². The van der Waals surface area contributed by atoms with E-state index >= 15 is 0 Å². The van der Waals surface area contributed by atoms with Crippen LogP contribution in [0, 0.1) is 0 Å². The number of fused-ring (bicyclic) bond motifs is 1. The molecule has 4 rings (SSSR count). The number of nitrogens with zero attached hydrogens (tertiary/aromatic N) is 3. The lowest BCUT2D eigenvalue weighted by molar-refractivity contribution is -0.142. The van der Waals surface area contributed by atoms with Crippen molar-refractivity contribution in [2.24, 2.45) is 0 Å². The van der Waals surface area contributed by atoms with Crippen molar-refractivity contribution in [1.29, 1.82) is 0 Å². The average molecular weight is 447 g/mol. The quantitative estimate of drug-likeness (QED) is 0.522. The lowest BCUT2D eigenvalue weighted by atomic mass is 9.95. The van der Waals surface area contributed by atoms with Gasteiger partial charge in [0.05, 0.1) is 17.9 Å². The number of aromatic nitrogens is 3. The molecule has 10 heteroatoms. The predicted octanol–water partition coefficient (Wildman–Crippen LogP) is 6.15. The Hall–Kier alpha value is -1.77. The minimum absolute atomic E-state index is 0.300. The van der Waals surface area contributed by atoms with Gasteiger partial charge in [-0.2, -0.15) is 18.3 Å². The molecule has 0 fully saturated rings. The van der Waals surface area contributed by atoms with E-state index in [1.54, 1.807) is 24.4 Å². The second-order valence-corrected chi connectivity index (χ2v) is 8.62. The van der Waals surface area contributed by atoms with Crippen molar-refractivity contribution >= 4 is 40.2 Å². The van der Waals surface area contributed by atoms with Gasteiger partial charge >= 0.3 is 6.18 Å². The van der Waals surface area contributed by atoms with Crippen LogP contribution in [0.4, 0.5) is 18.9 Å². The van der Waals surface area contributed by atoms with Crippen LogP contribution in [-0.4, -0.2) is 14.8 Å². The minimum atomic E-state index is -4.48. The highest BCUT2D eigenvalue weighted by molar-refractivity contribution is 7.15. The molecule has 148 valence electrons. The van der Waals surface area contributed by atoms with Gasteiger partial charge in [0, 0.05) is 27.4 Å². The van der Waals surface area contributed by atoms with Crippen molar-refractivity contribution in [3.05, 3.63) is 55.7 Å². The number of rotatable bonds is 4. The van der Waals surface area contributed by atoms with Gasteiger partial charge in [0.15, 0.2) is 10.2 Å². The lowest BCUT2D eigenvalue weighted by Gasteiger charge is -2.17. The van der Waals surface area contributed by atoms with E-state index < -0.39 is 11.9 Å². The molecule has 2 heterocycles. The van der Waals surface area contributed by atoms with Gasteiger partial charge in [0.25, 0.3) is 0 Å². The monoisotopic (exact) mass is 446 g/mol. The number of hydrogen-bond donors (Lipinski definition) is 1. The zero-order chi connectivity index (χ0) is 19.9. The number of anilines is 1. The highest BCUT2D eigenvalue weighted by Gasteiger charge is 2.39. The highest BCUT2D eigenvalue weighted by Crippen LogP contribution is 2.38. The molecule has 2 aromatic heterocycles. The molecule has 0 unspecified atom stereocenters. The molecule has 3 aromatic rings. The summed E-state index contributed by atoms with van der Waals surface area (Å²) in [7, 11) is 0. The molecule has 28 heavy (non-hydrogen) atoms. The van der Waals surface area contributed by atoms with Crippen LogP contribution < -0.4 is 5.32 Å². The van der Waals surface area contributed by atoms with Crippen molar-refractivity contribution in [3.63, 3.8) is 0 Å². The fourth-order valence-corrected chi connectivity index (χ4v) is 4.50. The second kappa shape index (κ2) is 7.57. The van der Waals surface area contributed by atoms with Gasteiger partial charge in [0.1, 0.15) is 0 Å². The number of alkyl halides is 3. The molecule has 1 N–H and O–H groups in total. The molecular weight excluding hydrogens is 432 g/mol. The van der Waals surface area contributed by atoms with Crippen molar-refractivity contribution < 1.29 is 13.2 Å². The summed E-state index contributed by atoms with van der Waals surface area (Å²) in [6.45, 7) is 0.424. The topological polar surface area (TPSA) is 42.7 Å². The third kappa shape index (κ3) is 3.86. The first-order chi connectivity index (χ1) is 13.3. The van der Waals surface area contributed by atoms with Gasteiger partial charge in [-0.3, -0.25) is 0 Å². The van der Waals surface area contributed by atoms with Crippen molar-refractivity contribution in [3.8, 4) is 5.69 Å². The van der Waals surface area contributed by atoms with Crippen LogP contribution in [0.3, 0.4) is 0 Å². The summed E-state index contributed by atoms with van der Waals surface area (Å²) in [4.78, 5) is 4.89. The van der Waals surface area contributed by atoms with Gasteiger partial charge in [-0.15, -0.1) is 11.3 Å². The molecule has 0 radical (unpaired) electrons. The number of benzene rings is 1. The van der Waals surface area contributed by atoms with Crippen LogP contribution in [0.5, 0.6) is 0 Å². The molecule has 4 nitrogen and oxygen atoms in total. The molecule has 0 saturated heterocycles. The Morgan fingerprint density at radius 1 is 1.18 bits per heavy atom. The summed E-state index contributed by atoms with van der Waals surface area (Å²) in [5.74, 6) is 0. The number of thiazole rings is 1. The molecule has 0 saturated carbocycles. The largest absolute Gasteiger partial charge is 0.435 e. The van der Waals surface area contributed by atoms with Crippen molar-refractivity contribution in [1.82, 2.24) is 14.8 Å². The van der Waals surface area contributed by atoms with Crippen LogP contribution in [0.15, 0.2) is 24.4 Å². The van der Waals surface area contributed by atoms with Crippen LogP contribution in [0.25, 0.3) is 5.69 Å². The van der Waals surface area contributed by atoms with E-state index in [4.69, 9.17) is 23.2 Å². The Bertz CT molecular complexity index is 1010. The van der Waals surface area contributed by atoms with E-state index in [0.29, 0.717) is 51.5 Å². The normalized spacial score (nSPS) is 14.2. The van der Waals surface area contributed by atoms with Crippen LogP contribution in [0.2, 0.25) is 9.49 Å². The molecule has 0 atom stereocenters. The third-order valence-corrected chi connectivity index (χ3v) is 5.96. The first-order valence-electron chi connectivity index (χ1n) is 8.65. The summed E-state index contributed by atoms with van der Waals surface area (Å²) in [6, 6.07) is 5.02. The molecule has 0 bridgehead atoms. The first kappa shape index (κ1) is 19.5. The Balaban J connectivity index is 1.76. The molecule has 0 spiro atoms. The van der Waals surface area contributed by atoms with E-state index in [2.05, 4.69) is 15.4 Å². The van der Waals surface area contributed by atoms with E-state index in [1.807, 2.05) is 0 Å². The Morgan fingerprint density at radius 2 is 1.96 bits per heavy atom. The SMILES string of the molecule is FC(F)(F)c1nn(-c2ccc(Cl)cc2NCc2cnc(Cl)s2)c2c1CCCC2. The van der Waals surface area contributed by atoms with Crippen LogP contribution in [0.1, 0.15) is 34.7 Å². The average Bonchev–Trinajstić information content (AvgIpc) is 3.23. The summed E-state index contributed by atoms with van der Waals surface area (Å²) in [6.07, 6.45) is -0.302. The number of nitrogens with one attached hydrogen (secondary N) is 1. The molecular formula is C18H15Cl2F3N4S. The molecule has 0 aliphatic heterocycles. The maximum atomic E-state index is 13.5. The van der Waals surface area contributed by atoms with Crippen LogP contribution in [-0.2, 0) is 25.6 Å². The molecule has 1 aliphatic rings. The summed E-state index contributed by atoms with van der Waals surface area (Å²) < 4.78 is 42.4. The standard InChI is InChI=1S/C18H15Cl2F3N4S/c19-10-5-6-15(13(7-10)24-8-11-9-25-17(20)28-11)27-14-4-2-1-3-12(14)16(26-27)18(21,22)23/h5-7,9,24H,1-4,8H2. The fourth-order valence-electron chi connectivity index (χ4n) is 3.41. The zero-order valence-electron chi connectivity index (χ0n) is 14.5. The Morgan fingerprint density at radius 3 is 2.68 bits per heavy atom. The summed E-state index contributed by atoms with van der Waals surface area (Å²) in [5, 5.41) is 7.66. The summed E-state index contributed by atoms with van der Waals surface area (Å²) >= 11 is 13.3. The molecule has 1 aliphatic carbocycles. The van der Waals surface area contributed by atoms with E-state index in [9.17, 15) is 13.2 Å². The third-order valence-electron chi connectivity index (χ3n) is 4.61. The Labute approximate surface area is 173 Å². The van der Waals surface area contributed by atoms with Crippen LogP contribution >= 0.6 is 34.5 Å². The Kier molecular flexibility index (Phi) is 5.28. The van der Waals surface area contributed by atoms with Crippen molar-refractivity contribution in [2.75, 3.05) is 5.32 Å². The minimum Gasteiger partial charge on any atom is -0.378 e. The van der Waals surface area contributed by atoms with Gasteiger partial charge < -0.3 is 5.32 Å². The van der Waals surface area contributed by atoms with Gasteiger partial charge in [-0.25, -0.2) is 9.67 Å². The van der Waals surface area contributed by atoms with Gasteiger partial charge in [-0.05, 0) is 43.9 Å². The maximum Gasteiger partial charge on any atom is 0.435 e. The van der Waals surface area contributed by atoms with Gasteiger partial charge in [0.2, 0.25) is 0 Å². The number of hydrogen-bond acceptors (Lipinski definition) is 4. The van der Waals surface area contributed by atoms with E-state index in [0.717, 1.165) is 17.7 Å². The molecule has 1 aromatic carbocycles. The molecule has 0 amide bonds. The van der Waals surface area contributed by atoms with E-state index in [1.165, 1.54) is 16.0 Å². The summed E-state index contributed by atoms with van der Waals surface area (Å²) in [5.41, 5.74) is 1.26. The smallest absolute Gasteiger partial charge is 0.378 e. The maximum absolute atomic E-state index is 13.5. The predicted molar refractivity (Wildman–Crippen MR) is 105 cm³/mol. The van der Waals surface area contributed by atoms with Crippen molar-refractivity contribution in [2.45, 2.75) is 38.4 Å².